The van der Waals surface area contributed by atoms with Gasteiger partial charge >= 0.3 is 10.2 Å². The summed E-state index contributed by atoms with van der Waals surface area (Å²) < 4.78 is 53.7. The average molecular weight is 374 g/mol. The lowest BCUT2D eigenvalue weighted by Gasteiger charge is -2.14. The smallest absolute Gasteiger partial charge is 0.269 e. The minimum atomic E-state index is -3.70. The molecular formula is C13H18N4O5S2. The molecule has 0 aliphatic carbocycles. The van der Waals surface area contributed by atoms with Gasteiger partial charge in [-0.2, -0.15) is 21.1 Å². The van der Waals surface area contributed by atoms with Gasteiger partial charge in [0, 0.05) is 32.7 Å². The summed E-state index contributed by atoms with van der Waals surface area (Å²) in [6.07, 6.45) is 6.57. The van der Waals surface area contributed by atoms with Crippen LogP contribution in [0.2, 0.25) is 0 Å². The standard InChI is InChI=1S/C13H18N4O5S2/c1-16(2)24(20,21)17-8-13(15-10-17)12(9-22-23(3,18)19)11-5-4-6-14-7-11/h4-8,10,12H,9H2,1-3H3. The molecule has 0 N–H and O–H groups in total. The van der Waals surface area contributed by atoms with E-state index in [2.05, 4.69) is 9.97 Å². The van der Waals surface area contributed by atoms with Crippen LogP contribution in [0, 0.1) is 0 Å². The van der Waals surface area contributed by atoms with Crippen molar-refractivity contribution in [3.05, 3.63) is 48.3 Å². The second-order valence-corrected chi connectivity index (χ2v) is 8.94. The number of imidazole rings is 1. The van der Waals surface area contributed by atoms with Crippen LogP contribution in [-0.2, 0) is 24.5 Å². The lowest BCUT2D eigenvalue weighted by Crippen LogP contribution is -2.27. The third-order valence-corrected chi connectivity index (χ3v) is 5.42. The fraction of sp³-hybridized carbons (Fsp3) is 0.385. The topological polar surface area (TPSA) is 111 Å². The Morgan fingerprint density at radius 3 is 2.54 bits per heavy atom. The quantitative estimate of drug-likeness (QED) is 0.629. The zero-order chi connectivity index (χ0) is 18.0. The normalized spacial score (nSPS) is 14.0. The van der Waals surface area contributed by atoms with Gasteiger partial charge in [0.15, 0.2) is 0 Å². The molecule has 0 aliphatic heterocycles. The number of hydrogen-bond acceptors (Lipinski definition) is 7. The second-order valence-electron chi connectivity index (χ2n) is 5.25. The van der Waals surface area contributed by atoms with Crippen LogP contribution in [0.4, 0.5) is 0 Å². The van der Waals surface area contributed by atoms with Crippen LogP contribution in [-0.4, -0.2) is 62.0 Å². The highest BCUT2D eigenvalue weighted by Crippen LogP contribution is 2.24. The first-order valence-electron chi connectivity index (χ1n) is 6.82. The minimum Gasteiger partial charge on any atom is -0.269 e. The van der Waals surface area contributed by atoms with Crippen LogP contribution < -0.4 is 0 Å². The van der Waals surface area contributed by atoms with Crippen LogP contribution in [0.1, 0.15) is 17.2 Å². The van der Waals surface area contributed by atoms with Gasteiger partial charge < -0.3 is 0 Å². The summed E-state index contributed by atoms with van der Waals surface area (Å²) in [5.41, 5.74) is 1.02. The van der Waals surface area contributed by atoms with Crippen molar-refractivity contribution in [3.8, 4) is 0 Å². The van der Waals surface area contributed by atoms with Crippen LogP contribution >= 0.6 is 0 Å². The maximum atomic E-state index is 12.1. The van der Waals surface area contributed by atoms with E-state index < -0.39 is 26.2 Å². The Bertz CT molecular complexity index is 891. The van der Waals surface area contributed by atoms with Gasteiger partial charge in [-0.3, -0.25) is 9.17 Å². The van der Waals surface area contributed by atoms with E-state index in [9.17, 15) is 16.8 Å². The summed E-state index contributed by atoms with van der Waals surface area (Å²) in [7, 11) is -4.55. The molecule has 0 aromatic carbocycles. The molecule has 0 bridgehead atoms. The lowest BCUT2D eigenvalue weighted by atomic mass is 9.99. The summed E-state index contributed by atoms with van der Waals surface area (Å²) >= 11 is 0. The van der Waals surface area contributed by atoms with Crippen LogP contribution in [0.5, 0.6) is 0 Å². The second kappa shape index (κ2) is 6.97. The van der Waals surface area contributed by atoms with E-state index in [1.807, 2.05) is 0 Å². The number of aromatic nitrogens is 3. The SMILES string of the molecule is CN(C)S(=O)(=O)n1cnc(C(COS(C)(=O)=O)c2cccnc2)c1. The summed E-state index contributed by atoms with van der Waals surface area (Å²) in [5, 5.41) is 0. The lowest BCUT2D eigenvalue weighted by molar-refractivity contribution is 0.307. The molecule has 11 heteroatoms. The van der Waals surface area contributed by atoms with Gasteiger partial charge in [0.05, 0.1) is 24.5 Å². The van der Waals surface area contributed by atoms with Crippen molar-refractivity contribution >= 4 is 20.3 Å². The maximum absolute atomic E-state index is 12.1. The first-order valence-corrected chi connectivity index (χ1v) is 10.0. The van der Waals surface area contributed by atoms with Gasteiger partial charge in [0.25, 0.3) is 10.1 Å². The summed E-state index contributed by atoms with van der Waals surface area (Å²) in [6, 6.07) is 3.43. The Kier molecular flexibility index (Phi) is 5.38. The molecule has 9 nitrogen and oxygen atoms in total. The Labute approximate surface area is 141 Å². The average Bonchev–Trinajstić information content (AvgIpc) is 2.97. The number of nitrogens with zero attached hydrogens (tertiary/aromatic N) is 4. The molecule has 132 valence electrons. The van der Waals surface area contributed by atoms with E-state index in [0.717, 1.165) is 20.9 Å². The van der Waals surface area contributed by atoms with Crippen molar-refractivity contribution in [2.45, 2.75) is 5.92 Å². The fourth-order valence-electron chi connectivity index (χ4n) is 1.94. The first kappa shape index (κ1) is 18.5. The summed E-state index contributed by atoms with van der Waals surface area (Å²) in [6.45, 7) is -0.205. The van der Waals surface area contributed by atoms with Gasteiger partial charge in [-0.05, 0) is 11.6 Å². The van der Waals surface area contributed by atoms with Crippen molar-refractivity contribution < 1.29 is 21.0 Å². The van der Waals surface area contributed by atoms with E-state index in [-0.39, 0.29) is 6.61 Å². The third-order valence-electron chi connectivity index (χ3n) is 3.20. The molecule has 0 aliphatic rings. The van der Waals surface area contributed by atoms with Crippen LogP contribution in [0.3, 0.4) is 0 Å². The van der Waals surface area contributed by atoms with Crippen molar-refractivity contribution in [2.75, 3.05) is 27.0 Å². The Hall–Kier alpha value is -1.82. The van der Waals surface area contributed by atoms with Gasteiger partial charge in [0.2, 0.25) is 0 Å². The molecule has 1 atom stereocenters. The van der Waals surface area contributed by atoms with E-state index in [4.69, 9.17) is 4.18 Å². The van der Waals surface area contributed by atoms with E-state index in [1.165, 1.54) is 20.3 Å². The third kappa shape index (κ3) is 4.38. The highest BCUT2D eigenvalue weighted by atomic mass is 32.2. The predicted octanol–water partition coefficient (Wildman–Crippen LogP) is 0.0407. The van der Waals surface area contributed by atoms with Gasteiger partial charge in [0.1, 0.15) is 6.33 Å². The number of rotatable bonds is 7. The highest BCUT2D eigenvalue weighted by molar-refractivity contribution is 7.87. The molecule has 0 fully saturated rings. The molecule has 2 rings (SSSR count). The van der Waals surface area contributed by atoms with Crippen molar-refractivity contribution in [1.29, 1.82) is 0 Å². The summed E-state index contributed by atoms with van der Waals surface area (Å²) in [4.78, 5) is 8.09. The zero-order valence-corrected chi connectivity index (χ0v) is 15.0. The molecule has 2 aromatic rings. The Morgan fingerprint density at radius 2 is 2.00 bits per heavy atom. The molecule has 0 radical (unpaired) electrons. The number of pyridine rings is 1. The molecule has 2 heterocycles. The largest absolute Gasteiger partial charge is 0.308 e. The molecule has 2 aromatic heterocycles. The zero-order valence-electron chi connectivity index (χ0n) is 13.4. The molecule has 1 unspecified atom stereocenters. The Balaban J connectivity index is 2.40. The fourth-order valence-corrected chi connectivity index (χ4v) is 3.11. The van der Waals surface area contributed by atoms with Crippen LogP contribution in [0.15, 0.2) is 37.1 Å². The predicted molar refractivity (Wildman–Crippen MR) is 87.1 cm³/mol. The molecule has 0 amide bonds. The van der Waals surface area contributed by atoms with E-state index >= 15 is 0 Å². The van der Waals surface area contributed by atoms with Gasteiger partial charge in [-0.25, -0.2) is 8.96 Å². The van der Waals surface area contributed by atoms with E-state index in [1.54, 1.807) is 24.5 Å². The monoisotopic (exact) mass is 374 g/mol. The molecule has 0 saturated carbocycles. The molecule has 24 heavy (non-hydrogen) atoms. The minimum absolute atomic E-state index is 0.205. The van der Waals surface area contributed by atoms with Crippen molar-refractivity contribution in [1.82, 2.24) is 18.2 Å². The molecular weight excluding hydrogens is 356 g/mol. The first-order chi connectivity index (χ1) is 11.1. The Morgan fingerprint density at radius 1 is 1.29 bits per heavy atom. The van der Waals surface area contributed by atoms with Crippen molar-refractivity contribution in [2.24, 2.45) is 0 Å². The van der Waals surface area contributed by atoms with Crippen molar-refractivity contribution in [3.63, 3.8) is 0 Å². The van der Waals surface area contributed by atoms with Crippen LogP contribution in [0.25, 0.3) is 0 Å². The highest BCUT2D eigenvalue weighted by Gasteiger charge is 2.23. The van der Waals surface area contributed by atoms with Gasteiger partial charge in [-0.15, -0.1) is 0 Å². The van der Waals surface area contributed by atoms with E-state index in [0.29, 0.717) is 11.3 Å². The molecule has 0 spiro atoms. The summed E-state index contributed by atoms with van der Waals surface area (Å²) in [5.74, 6) is -0.577. The van der Waals surface area contributed by atoms with Gasteiger partial charge in [-0.1, -0.05) is 6.07 Å². The molecule has 0 saturated heterocycles. The number of hydrogen-bond donors (Lipinski definition) is 0. The maximum Gasteiger partial charge on any atom is 0.308 e.